The summed E-state index contributed by atoms with van der Waals surface area (Å²) in [5.74, 6) is -1.01. The van der Waals surface area contributed by atoms with Crippen LogP contribution in [0.3, 0.4) is 0 Å². The van der Waals surface area contributed by atoms with Crippen LogP contribution in [0.5, 0.6) is 11.5 Å². The fraction of sp³-hybridized carbons (Fsp3) is 0.364. The second-order valence-electron chi connectivity index (χ2n) is 6.82. The quantitative estimate of drug-likeness (QED) is 0.690. The number of carbonyl (C=O) groups excluding carboxylic acids is 1. The number of ether oxygens (including phenoxy) is 2. The predicted octanol–water partition coefficient (Wildman–Crippen LogP) is 3.46. The highest BCUT2D eigenvalue weighted by atomic mass is 16.5. The van der Waals surface area contributed by atoms with Gasteiger partial charge < -0.3 is 19.9 Å². The molecule has 0 radical (unpaired) electrons. The molecule has 0 aliphatic rings. The number of aliphatic carboxylic acids is 1. The highest BCUT2D eigenvalue weighted by Crippen LogP contribution is 2.29. The first kappa shape index (κ1) is 21.3. The van der Waals surface area contributed by atoms with Gasteiger partial charge in [0.25, 0.3) is 0 Å². The number of carboxylic acid groups (broad SMARTS) is 1. The van der Waals surface area contributed by atoms with Gasteiger partial charge in [-0.3, -0.25) is 9.59 Å². The molecule has 0 saturated heterocycles. The van der Waals surface area contributed by atoms with Crippen molar-refractivity contribution < 1.29 is 24.2 Å². The van der Waals surface area contributed by atoms with Crippen molar-refractivity contribution >= 4 is 11.9 Å². The van der Waals surface area contributed by atoms with Crippen LogP contribution in [-0.2, 0) is 16.0 Å². The van der Waals surface area contributed by atoms with Gasteiger partial charge in [0.1, 0.15) is 0 Å². The first-order valence-electron chi connectivity index (χ1n) is 9.16. The molecule has 2 aromatic rings. The second-order valence-corrected chi connectivity index (χ2v) is 6.82. The molecule has 150 valence electrons. The van der Waals surface area contributed by atoms with Crippen molar-refractivity contribution in [3.8, 4) is 11.5 Å². The standard InChI is InChI=1S/C22H27NO5/c1-14(12-16-10-11-18(27-3)19(13-16)28-4)21(24)23-20(15(2)22(25)26)17-8-6-5-7-9-17/h5-11,13-15,20H,12H2,1-4H3,(H,23,24)(H,25,26). The Bertz CT molecular complexity index is 806. The van der Waals surface area contributed by atoms with Crippen LogP contribution >= 0.6 is 0 Å². The van der Waals surface area contributed by atoms with E-state index in [1.54, 1.807) is 27.2 Å². The fourth-order valence-electron chi connectivity index (χ4n) is 3.05. The van der Waals surface area contributed by atoms with E-state index >= 15 is 0 Å². The van der Waals surface area contributed by atoms with Crippen molar-refractivity contribution in [2.45, 2.75) is 26.3 Å². The SMILES string of the molecule is COc1ccc(CC(C)C(=O)NC(c2ccccc2)C(C)C(=O)O)cc1OC. The number of hydrogen-bond acceptors (Lipinski definition) is 4. The molecule has 2 aromatic carbocycles. The average molecular weight is 385 g/mol. The second kappa shape index (κ2) is 9.78. The third-order valence-corrected chi connectivity index (χ3v) is 4.78. The Morgan fingerprint density at radius 3 is 2.21 bits per heavy atom. The summed E-state index contributed by atoms with van der Waals surface area (Å²) in [6.07, 6.45) is 0.495. The lowest BCUT2D eigenvalue weighted by Gasteiger charge is -2.25. The molecule has 0 aliphatic heterocycles. The molecule has 0 saturated carbocycles. The topological polar surface area (TPSA) is 84.9 Å². The van der Waals surface area contributed by atoms with Gasteiger partial charge in [0.2, 0.25) is 5.91 Å². The minimum absolute atomic E-state index is 0.197. The van der Waals surface area contributed by atoms with Gasteiger partial charge in [-0.2, -0.15) is 0 Å². The molecule has 6 nitrogen and oxygen atoms in total. The molecule has 0 fully saturated rings. The third-order valence-electron chi connectivity index (χ3n) is 4.78. The van der Waals surface area contributed by atoms with E-state index in [2.05, 4.69) is 5.32 Å². The Balaban J connectivity index is 2.13. The van der Waals surface area contributed by atoms with E-state index in [9.17, 15) is 14.7 Å². The summed E-state index contributed by atoms with van der Waals surface area (Å²) in [6.45, 7) is 3.42. The zero-order valence-electron chi connectivity index (χ0n) is 16.6. The number of carbonyl (C=O) groups is 2. The molecular formula is C22H27NO5. The Morgan fingerprint density at radius 2 is 1.64 bits per heavy atom. The molecule has 0 aromatic heterocycles. The molecule has 3 unspecified atom stereocenters. The van der Waals surface area contributed by atoms with Crippen molar-refractivity contribution in [3.63, 3.8) is 0 Å². The molecule has 6 heteroatoms. The molecule has 2 rings (SSSR count). The van der Waals surface area contributed by atoms with Crippen LogP contribution in [-0.4, -0.2) is 31.2 Å². The Morgan fingerprint density at radius 1 is 1.00 bits per heavy atom. The van der Waals surface area contributed by atoms with Crippen LogP contribution in [0, 0.1) is 11.8 Å². The predicted molar refractivity (Wildman–Crippen MR) is 107 cm³/mol. The number of carboxylic acids is 1. The molecular weight excluding hydrogens is 358 g/mol. The highest BCUT2D eigenvalue weighted by molar-refractivity contribution is 5.80. The van der Waals surface area contributed by atoms with E-state index in [4.69, 9.17) is 9.47 Å². The van der Waals surface area contributed by atoms with E-state index in [1.165, 1.54) is 0 Å². The van der Waals surface area contributed by atoms with Crippen LogP contribution < -0.4 is 14.8 Å². The largest absolute Gasteiger partial charge is 0.493 e. The average Bonchev–Trinajstić information content (AvgIpc) is 2.71. The number of benzene rings is 2. The summed E-state index contributed by atoms with van der Waals surface area (Å²) in [6, 6.07) is 14.1. The van der Waals surface area contributed by atoms with E-state index < -0.39 is 17.9 Å². The van der Waals surface area contributed by atoms with Crippen LogP contribution in [0.25, 0.3) is 0 Å². The highest BCUT2D eigenvalue weighted by Gasteiger charge is 2.28. The van der Waals surface area contributed by atoms with Crippen LogP contribution in [0.4, 0.5) is 0 Å². The van der Waals surface area contributed by atoms with Gasteiger partial charge in [-0.05, 0) is 36.6 Å². The van der Waals surface area contributed by atoms with Gasteiger partial charge in [-0.15, -0.1) is 0 Å². The van der Waals surface area contributed by atoms with Gasteiger partial charge >= 0.3 is 5.97 Å². The van der Waals surface area contributed by atoms with E-state index in [0.717, 1.165) is 11.1 Å². The van der Waals surface area contributed by atoms with Gasteiger partial charge in [0.15, 0.2) is 11.5 Å². The minimum Gasteiger partial charge on any atom is -0.493 e. The number of hydrogen-bond donors (Lipinski definition) is 2. The number of amides is 1. The normalized spacial score (nSPS) is 13.9. The Labute approximate surface area is 165 Å². The zero-order valence-corrected chi connectivity index (χ0v) is 16.6. The van der Waals surface area contributed by atoms with Gasteiger partial charge in [0.05, 0.1) is 26.2 Å². The number of methoxy groups -OCH3 is 2. The van der Waals surface area contributed by atoms with E-state index in [0.29, 0.717) is 17.9 Å². The van der Waals surface area contributed by atoms with Crippen molar-refractivity contribution in [3.05, 3.63) is 59.7 Å². The van der Waals surface area contributed by atoms with Crippen LogP contribution in [0.15, 0.2) is 48.5 Å². The summed E-state index contributed by atoms with van der Waals surface area (Å²) >= 11 is 0. The maximum atomic E-state index is 12.8. The van der Waals surface area contributed by atoms with Crippen molar-refractivity contribution in [2.24, 2.45) is 11.8 Å². The lowest BCUT2D eigenvalue weighted by Crippen LogP contribution is -2.38. The van der Waals surface area contributed by atoms with Gasteiger partial charge in [-0.25, -0.2) is 0 Å². The molecule has 0 bridgehead atoms. The minimum atomic E-state index is -0.957. The number of nitrogens with one attached hydrogen (secondary N) is 1. The molecule has 3 atom stereocenters. The summed E-state index contributed by atoms with van der Waals surface area (Å²) in [5.41, 5.74) is 1.70. The first-order valence-corrected chi connectivity index (χ1v) is 9.16. The van der Waals surface area contributed by atoms with Gasteiger partial charge in [-0.1, -0.05) is 43.3 Å². The molecule has 28 heavy (non-hydrogen) atoms. The fourth-order valence-corrected chi connectivity index (χ4v) is 3.05. The maximum absolute atomic E-state index is 12.8. The first-order chi connectivity index (χ1) is 13.4. The molecule has 0 spiro atoms. The molecule has 0 aliphatic carbocycles. The van der Waals surface area contributed by atoms with Crippen molar-refractivity contribution in [1.29, 1.82) is 0 Å². The van der Waals surface area contributed by atoms with Crippen molar-refractivity contribution in [2.75, 3.05) is 14.2 Å². The lowest BCUT2D eigenvalue weighted by atomic mass is 9.93. The summed E-state index contributed by atoms with van der Waals surface area (Å²) in [5, 5.41) is 12.3. The van der Waals surface area contributed by atoms with Gasteiger partial charge in [0, 0.05) is 5.92 Å². The van der Waals surface area contributed by atoms with Crippen molar-refractivity contribution in [1.82, 2.24) is 5.32 Å². The summed E-state index contributed by atoms with van der Waals surface area (Å²) < 4.78 is 10.5. The van der Waals surface area contributed by atoms with E-state index in [1.807, 2.05) is 49.4 Å². The van der Waals surface area contributed by atoms with E-state index in [-0.39, 0.29) is 11.8 Å². The summed E-state index contributed by atoms with van der Waals surface area (Å²) in [4.78, 5) is 24.3. The third kappa shape index (κ3) is 5.25. The molecule has 2 N–H and O–H groups in total. The lowest BCUT2D eigenvalue weighted by molar-refractivity contribution is -0.142. The molecule has 1 amide bonds. The molecule has 0 heterocycles. The Hall–Kier alpha value is -3.02. The maximum Gasteiger partial charge on any atom is 0.308 e. The van der Waals surface area contributed by atoms with Crippen LogP contribution in [0.1, 0.15) is 31.0 Å². The van der Waals surface area contributed by atoms with Crippen LogP contribution in [0.2, 0.25) is 0 Å². The summed E-state index contributed by atoms with van der Waals surface area (Å²) in [7, 11) is 3.14. The monoisotopic (exact) mass is 385 g/mol. The zero-order chi connectivity index (χ0) is 20.7. The smallest absolute Gasteiger partial charge is 0.308 e. The number of rotatable bonds is 9. The Kier molecular flexibility index (Phi) is 7.44.